The number of Topliss-reactive ketones (excluding diaryl/α,β-unsaturated/α-hetero) is 6. The Balaban J connectivity index is -0.0000000549. The first-order valence-electron chi connectivity index (χ1n) is 31.3. The molecule has 37 heteroatoms. The van der Waals surface area contributed by atoms with Crippen LogP contribution in [0.3, 0.4) is 0 Å². The molecular weight excluding hydrogens is 1520 g/mol. The summed E-state index contributed by atoms with van der Waals surface area (Å²) in [6.45, 7) is 23.7. The van der Waals surface area contributed by atoms with Gasteiger partial charge in [0.2, 0.25) is 36.6 Å². The van der Waals surface area contributed by atoms with Crippen molar-refractivity contribution in [2.45, 2.75) is 352 Å². The van der Waals surface area contributed by atoms with Gasteiger partial charge in [-0.05, 0) is 60.8 Å². The van der Waals surface area contributed by atoms with E-state index in [-0.39, 0.29) is 154 Å². The van der Waals surface area contributed by atoms with E-state index in [1.54, 1.807) is 19.9 Å². The van der Waals surface area contributed by atoms with E-state index in [4.69, 9.17) is 49.6 Å². The van der Waals surface area contributed by atoms with Crippen LogP contribution in [0.25, 0.3) is 0 Å². The average Bonchev–Trinajstić information content (AvgIpc) is 0.881. The summed E-state index contributed by atoms with van der Waals surface area (Å²) in [5.74, 6) is -17.6. The van der Waals surface area contributed by atoms with E-state index in [9.17, 15) is 95.9 Å². The number of carboxylic acids is 6. The molecule has 114 heavy (non-hydrogen) atoms. The summed E-state index contributed by atoms with van der Waals surface area (Å²) in [5, 5.41) is 52.9. The van der Waals surface area contributed by atoms with Crippen LogP contribution < -0.4 is 0 Å². The lowest BCUT2D eigenvalue weighted by Crippen LogP contribution is -2.45. The van der Waals surface area contributed by atoms with Crippen LogP contribution in [-0.2, 0) is 148 Å². The summed E-state index contributed by atoms with van der Waals surface area (Å²) in [4.78, 5) is 221. The number of ether oxygens (including phenoxy) is 11. The fraction of sp³-hybridized carbons (Fsp3) is 0.714. The van der Waals surface area contributed by atoms with Gasteiger partial charge in [-0.25, -0.2) is 24.0 Å². The number of hydrogen-bond donors (Lipinski definition) is 6. The highest BCUT2D eigenvalue weighted by Gasteiger charge is 2.41. The van der Waals surface area contributed by atoms with Crippen molar-refractivity contribution in [2.75, 3.05) is 20.3 Å². The van der Waals surface area contributed by atoms with E-state index < -0.39 is 186 Å². The third-order valence-corrected chi connectivity index (χ3v) is 11.5. The van der Waals surface area contributed by atoms with Gasteiger partial charge in [-0.3, -0.25) is 71.9 Å². The first-order valence-corrected chi connectivity index (χ1v) is 31.3. The van der Waals surface area contributed by atoms with Crippen LogP contribution in [0.5, 0.6) is 0 Å². The van der Waals surface area contributed by atoms with Crippen LogP contribution in [-0.4, -0.2) is 236 Å². The molecule has 0 rings (SSSR count). The van der Waals surface area contributed by atoms with E-state index >= 15 is 0 Å². The van der Waals surface area contributed by atoms with Gasteiger partial charge in [-0.1, -0.05) is 178 Å². The molecule has 0 saturated heterocycles. The highest BCUT2D eigenvalue weighted by molar-refractivity contribution is 5.94. The average molecular weight is 1670 g/mol. The molecule has 0 aliphatic heterocycles. The second kappa shape index (κ2) is 88.8. The lowest BCUT2D eigenvalue weighted by Gasteiger charge is -2.22. The molecule has 0 fully saturated rings. The molecule has 0 spiro atoms. The number of carbonyl (C=O) groups is 20. The summed E-state index contributed by atoms with van der Waals surface area (Å²) in [5.41, 5.74) is 0. The molecule has 0 radical (unpaired) electrons. The molecule has 11 unspecified atom stereocenters. The van der Waals surface area contributed by atoms with Crippen molar-refractivity contribution >= 4 is 118 Å². The highest BCUT2D eigenvalue weighted by Crippen LogP contribution is 2.15. The van der Waals surface area contributed by atoms with Gasteiger partial charge < -0.3 is 82.7 Å². The number of rotatable bonds is 43. The van der Waals surface area contributed by atoms with E-state index in [0.717, 1.165) is 47.6 Å². The normalized spacial score (nSPS) is 11.9. The van der Waals surface area contributed by atoms with Gasteiger partial charge in [0, 0.05) is 65.3 Å². The molecule has 6 N–H and O–H groups in total. The first kappa shape index (κ1) is 153. The van der Waals surface area contributed by atoms with E-state index in [1.165, 1.54) is 54.5 Å². The Bertz CT molecular complexity index is 2610. The second-order valence-corrected chi connectivity index (χ2v) is 20.1. The number of aliphatic carboxylic acids is 6. The number of methoxy groups -OCH3 is 1. The van der Waals surface area contributed by atoms with Crippen molar-refractivity contribution in [3.8, 4) is 0 Å². The zero-order valence-corrected chi connectivity index (χ0v) is 59.7. The van der Waals surface area contributed by atoms with Gasteiger partial charge in [0.1, 0.15) is 0 Å². The molecule has 0 saturated carbocycles. The van der Waals surface area contributed by atoms with Gasteiger partial charge in [-0.2, -0.15) is 0 Å². The Hall–Kier alpha value is -9.78. The minimum Gasteiger partial charge on any atom is -0.481 e. The Labute approximate surface area is 678 Å². The van der Waals surface area contributed by atoms with Gasteiger partial charge in [0.15, 0.2) is 65.2 Å². The van der Waals surface area contributed by atoms with Crippen molar-refractivity contribution in [1.29, 1.82) is 0 Å². The minimum absolute atomic E-state index is 0. The maximum atomic E-state index is 11.5. The Kier molecular flexibility index (Phi) is 119. The summed E-state index contributed by atoms with van der Waals surface area (Å²) in [6.07, 6.45) is -11.7. The topological polar surface area (TPSA) is 564 Å². The molecule has 11 atom stereocenters. The van der Waals surface area contributed by atoms with Crippen LogP contribution in [0, 0.1) is 0 Å². The second-order valence-electron chi connectivity index (χ2n) is 20.1. The largest absolute Gasteiger partial charge is 0.481 e. The quantitative estimate of drug-likeness (QED) is 0.0188. The molecule has 0 aromatic heterocycles. The molecule has 0 aromatic rings. The SMILES string of the molecule is C.C.C.C.C.C.C.C.C.C.C.C.C.CC/C=C\CC(=O)OC(C(=O)O)C(OC(=O)CC)C(C)=O.CCC(=O)OC(C(C)=O)C(OC(=O)CC)C(=O)O.CCC(=O)OC(C(C)=O)C(OC(=O)CC)C(=O)O.CCC(=O)OC(C(C)=O)C(OC)C(=O)O.CCC(=O)OC(CC(=O)O)C(C)=O.CCCOC(C(C)=O)C(OCCC)C(=O)O. The van der Waals surface area contributed by atoms with Crippen molar-refractivity contribution in [3.05, 3.63) is 12.2 Å². The minimum atomic E-state index is -1.85. The third-order valence-electron chi connectivity index (χ3n) is 11.5. The molecular formula is C77H150O37. The number of esters is 8. The van der Waals surface area contributed by atoms with Gasteiger partial charge >= 0.3 is 83.6 Å². The molecule has 37 nitrogen and oxygen atoms in total. The molecule has 0 amide bonds. The van der Waals surface area contributed by atoms with Crippen molar-refractivity contribution in [1.82, 2.24) is 0 Å². The lowest BCUT2D eigenvalue weighted by molar-refractivity contribution is -0.181. The fourth-order valence-corrected chi connectivity index (χ4v) is 6.26. The maximum absolute atomic E-state index is 11.5. The Morgan fingerprint density at radius 2 is 0.474 bits per heavy atom. The van der Waals surface area contributed by atoms with Crippen LogP contribution >= 0.6 is 0 Å². The van der Waals surface area contributed by atoms with Gasteiger partial charge in [-0.15, -0.1) is 0 Å². The van der Waals surface area contributed by atoms with E-state index in [2.05, 4.69) is 33.2 Å². The van der Waals surface area contributed by atoms with Gasteiger partial charge in [0.25, 0.3) is 0 Å². The number of hydrogen-bond acceptors (Lipinski definition) is 31. The fourth-order valence-electron chi connectivity index (χ4n) is 6.26. The Morgan fingerprint density at radius 3 is 0.658 bits per heavy atom. The summed E-state index contributed by atoms with van der Waals surface area (Å²) in [7, 11) is 1.13. The van der Waals surface area contributed by atoms with Crippen LogP contribution in [0.15, 0.2) is 12.2 Å². The molecule has 0 heterocycles. The van der Waals surface area contributed by atoms with Crippen LogP contribution in [0.4, 0.5) is 0 Å². The number of ketones is 6. The van der Waals surface area contributed by atoms with Crippen molar-refractivity contribution in [3.63, 3.8) is 0 Å². The zero-order valence-electron chi connectivity index (χ0n) is 59.7. The molecule has 680 valence electrons. The number of carboxylic acid groups (broad SMARTS) is 6. The van der Waals surface area contributed by atoms with Gasteiger partial charge in [0.05, 0.1) is 12.8 Å². The standard InChI is InChI=1S/C14H20O7.2C11H16O7.C11H20O5.C9H14O6.C8H12O5.13CH4/c1-4-6-7-8-11(17)21-13(14(18)19)12(9(3)15)20-10(16)5-2;2*1-4-7(13)17-9(6(3)12)10(11(15)16)18-8(14)5-2;1-4-6-15-9(8(3)12)10(11(13)14)16-7-5-2;1-4-6(11)15-7(5(2)10)8(14-3)9(12)13;1-3-8(12)13-6(5(2)9)4-7(10)11;;;;;;;;;;;;;/h6-7,12-13H,4-5,8H2,1-3H3,(H,18,19);2*9-10H,4-5H2,1-3H3,(H,15,16);9-10H,4-7H2,1-3H3,(H,13,14);7-8H,4H2,1-3H3,(H,12,13);6H,3-4H2,1-2H3,(H,10,11);13*1H4/b7-6-;;;;;;;;;;;;;;;;;;. The Morgan fingerprint density at radius 1 is 0.263 bits per heavy atom. The van der Waals surface area contributed by atoms with Crippen LogP contribution in [0.1, 0.15) is 284 Å². The predicted molar refractivity (Wildman–Crippen MR) is 428 cm³/mol. The predicted octanol–water partition coefficient (Wildman–Crippen LogP) is 11.7. The van der Waals surface area contributed by atoms with E-state index in [1.807, 2.05) is 20.8 Å². The first-order chi connectivity index (χ1) is 46.9. The summed E-state index contributed by atoms with van der Waals surface area (Å²) >= 11 is 0. The third kappa shape index (κ3) is 73.7. The van der Waals surface area contributed by atoms with Crippen molar-refractivity contribution < 1.29 is 179 Å². The zero-order chi connectivity index (χ0) is 80.0. The summed E-state index contributed by atoms with van der Waals surface area (Å²) in [6, 6.07) is 0. The molecule has 0 aromatic carbocycles. The lowest BCUT2D eigenvalue weighted by atomic mass is 10.1. The van der Waals surface area contributed by atoms with Crippen LogP contribution in [0.2, 0.25) is 0 Å². The monoisotopic (exact) mass is 1670 g/mol. The molecule has 0 aliphatic rings. The summed E-state index contributed by atoms with van der Waals surface area (Å²) < 4.78 is 52.3. The molecule has 0 aliphatic carbocycles. The number of allylic oxidation sites excluding steroid dienone is 1. The molecule has 0 bridgehead atoms. The maximum Gasteiger partial charge on any atom is 0.349 e. The smallest absolute Gasteiger partial charge is 0.349 e. The van der Waals surface area contributed by atoms with E-state index in [0.29, 0.717) is 19.6 Å². The number of carbonyl (C=O) groups excluding carboxylic acids is 14. The highest BCUT2D eigenvalue weighted by atomic mass is 16.6. The van der Waals surface area contributed by atoms with Crippen molar-refractivity contribution in [2.24, 2.45) is 0 Å².